The molecule has 0 fully saturated rings. The summed E-state index contributed by atoms with van der Waals surface area (Å²) in [5, 5.41) is 9.76. The van der Waals surface area contributed by atoms with Crippen LogP contribution in [0.1, 0.15) is 44.5 Å². The Labute approximate surface area is 127 Å². The highest BCUT2D eigenvalue weighted by Crippen LogP contribution is 2.15. The van der Waals surface area contributed by atoms with E-state index < -0.39 is 5.60 Å². The molecule has 0 atom stereocenters. The van der Waals surface area contributed by atoms with Gasteiger partial charge in [0.05, 0.1) is 12.2 Å². The fourth-order valence-corrected chi connectivity index (χ4v) is 1.98. The van der Waals surface area contributed by atoms with Crippen molar-refractivity contribution in [1.82, 2.24) is 4.90 Å². The number of rotatable bonds is 7. The third-order valence-electron chi connectivity index (χ3n) is 3.04. The minimum absolute atomic E-state index is 0.106. The Kier molecular flexibility index (Phi) is 6.21. The lowest BCUT2D eigenvalue weighted by atomic mass is 10.1. The Hall–Kier alpha value is -1.55. The summed E-state index contributed by atoms with van der Waals surface area (Å²) in [5.41, 5.74) is -0.303. The summed E-state index contributed by atoms with van der Waals surface area (Å²) < 4.78 is 5.63. The van der Waals surface area contributed by atoms with Gasteiger partial charge < -0.3 is 14.7 Å². The van der Waals surface area contributed by atoms with Crippen molar-refractivity contribution in [3.8, 4) is 5.75 Å². The molecule has 0 saturated heterocycles. The number of aliphatic hydroxyl groups is 1. The van der Waals surface area contributed by atoms with Gasteiger partial charge in [0.2, 0.25) is 0 Å². The van der Waals surface area contributed by atoms with Gasteiger partial charge in [0, 0.05) is 19.2 Å². The van der Waals surface area contributed by atoms with Gasteiger partial charge >= 0.3 is 0 Å². The third-order valence-corrected chi connectivity index (χ3v) is 3.04. The van der Waals surface area contributed by atoms with Crippen LogP contribution < -0.4 is 4.74 Å². The van der Waals surface area contributed by atoms with Gasteiger partial charge in [-0.2, -0.15) is 0 Å². The van der Waals surface area contributed by atoms with Crippen molar-refractivity contribution >= 4 is 5.91 Å². The van der Waals surface area contributed by atoms with Crippen molar-refractivity contribution in [2.45, 2.75) is 39.7 Å². The SMILES string of the molecule is CC(C)CCOc1ccc(C(=O)N(C)CC(C)(C)O)cc1. The molecule has 0 unspecified atom stereocenters. The van der Waals surface area contributed by atoms with Crippen molar-refractivity contribution in [3.05, 3.63) is 29.8 Å². The van der Waals surface area contributed by atoms with Gasteiger partial charge in [-0.3, -0.25) is 4.79 Å². The Morgan fingerprint density at radius 1 is 1.29 bits per heavy atom. The Morgan fingerprint density at radius 3 is 2.33 bits per heavy atom. The number of nitrogens with zero attached hydrogens (tertiary/aromatic N) is 1. The average molecular weight is 293 g/mol. The number of amides is 1. The molecule has 1 rings (SSSR count). The number of benzene rings is 1. The minimum atomic E-state index is -0.899. The quantitative estimate of drug-likeness (QED) is 0.841. The second kappa shape index (κ2) is 7.46. The monoisotopic (exact) mass is 293 g/mol. The van der Waals surface area contributed by atoms with Crippen LogP contribution in [0.3, 0.4) is 0 Å². The lowest BCUT2D eigenvalue weighted by molar-refractivity contribution is 0.0368. The van der Waals surface area contributed by atoms with Gasteiger partial charge in [-0.1, -0.05) is 13.8 Å². The lowest BCUT2D eigenvalue weighted by Gasteiger charge is -2.25. The van der Waals surface area contributed by atoms with E-state index in [9.17, 15) is 9.90 Å². The number of hydrogen-bond acceptors (Lipinski definition) is 3. The molecule has 1 aromatic rings. The van der Waals surface area contributed by atoms with Crippen molar-refractivity contribution in [1.29, 1.82) is 0 Å². The molecular formula is C17H27NO3. The molecule has 1 amide bonds. The zero-order valence-electron chi connectivity index (χ0n) is 13.7. The van der Waals surface area contributed by atoms with Gasteiger partial charge in [0.15, 0.2) is 0 Å². The Balaban J connectivity index is 2.58. The van der Waals surface area contributed by atoms with Crippen molar-refractivity contribution in [3.63, 3.8) is 0 Å². The van der Waals surface area contributed by atoms with Crippen LogP contribution in [0.4, 0.5) is 0 Å². The molecule has 21 heavy (non-hydrogen) atoms. The highest BCUT2D eigenvalue weighted by molar-refractivity contribution is 5.94. The predicted octanol–water partition coefficient (Wildman–Crippen LogP) is 2.95. The van der Waals surface area contributed by atoms with Gasteiger partial charge in [-0.05, 0) is 50.5 Å². The number of ether oxygens (including phenoxy) is 1. The molecule has 4 nitrogen and oxygen atoms in total. The van der Waals surface area contributed by atoms with E-state index in [0.29, 0.717) is 24.6 Å². The summed E-state index contributed by atoms with van der Waals surface area (Å²) in [6.07, 6.45) is 1.01. The minimum Gasteiger partial charge on any atom is -0.494 e. The van der Waals surface area contributed by atoms with Crippen LogP contribution in [-0.2, 0) is 0 Å². The van der Waals surface area contributed by atoms with Crippen LogP contribution in [0.25, 0.3) is 0 Å². The molecule has 1 N–H and O–H groups in total. The molecule has 0 saturated carbocycles. The molecule has 0 heterocycles. The van der Waals surface area contributed by atoms with Crippen LogP contribution in [0, 0.1) is 5.92 Å². The normalized spacial score (nSPS) is 11.6. The van der Waals surface area contributed by atoms with Crippen LogP contribution >= 0.6 is 0 Å². The van der Waals surface area contributed by atoms with E-state index in [1.54, 1.807) is 33.0 Å². The highest BCUT2D eigenvalue weighted by atomic mass is 16.5. The lowest BCUT2D eigenvalue weighted by Crippen LogP contribution is -2.39. The summed E-state index contributed by atoms with van der Waals surface area (Å²) in [6, 6.07) is 7.14. The molecule has 4 heteroatoms. The molecule has 0 spiro atoms. The first-order chi connectivity index (χ1) is 9.69. The molecule has 1 aromatic carbocycles. The summed E-state index contributed by atoms with van der Waals surface area (Å²) in [4.78, 5) is 13.7. The van der Waals surface area contributed by atoms with Crippen molar-refractivity contribution in [2.24, 2.45) is 5.92 Å². The van der Waals surface area contributed by atoms with Crippen LogP contribution in [0.15, 0.2) is 24.3 Å². The van der Waals surface area contributed by atoms with Gasteiger partial charge in [0.25, 0.3) is 5.91 Å². The number of carbonyl (C=O) groups excluding carboxylic acids is 1. The largest absolute Gasteiger partial charge is 0.494 e. The Bertz CT molecular complexity index is 446. The molecule has 0 aromatic heterocycles. The first kappa shape index (κ1) is 17.5. The van der Waals surface area contributed by atoms with E-state index in [4.69, 9.17) is 4.74 Å². The average Bonchev–Trinajstić information content (AvgIpc) is 2.36. The van der Waals surface area contributed by atoms with Crippen LogP contribution in [0.2, 0.25) is 0 Å². The molecule has 118 valence electrons. The van der Waals surface area contributed by atoms with E-state index in [1.165, 1.54) is 4.90 Å². The first-order valence-corrected chi connectivity index (χ1v) is 7.40. The molecular weight excluding hydrogens is 266 g/mol. The summed E-state index contributed by atoms with van der Waals surface area (Å²) in [7, 11) is 1.69. The molecule has 0 radical (unpaired) electrons. The molecule has 0 aliphatic rings. The predicted molar refractivity (Wildman–Crippen MR) is 84.7 cm³/mol. The third kappa shape index (κ3) is 6.63. The maximum Gasteiger partial charge on any atom is 0.253 e. The van der Waals surface area contributed by atoms with Gasteiger partial charge in [-0.25, -0.2) is 0 Å². The zero-order chi connectivity index (χ0) is 16.0. The summed E-state index contributed by atoms with van der Waals surface area (Å²) in [6.45, 7) is 8.65. The zero-order valence-corrected chi connectivity index (χ0v) is 13.7. The van der Waals surface area contributed by atoms with Crippen LogP contribution in [0.5, 0.6) is 5.75 Å². The van der Waals surface area contributed by atoms with Crippen molar-refractivity contribution in [2.75, 3.05) is 20.2 Å². The molecule has 0 aliphatic carbocycles. The van der Waals surface area contributed by atoms with E-state index in [1.807, 2.05) is 12.1 Å². The first-order valence-electron chi connectivity index (χ1n) is 7.40. The molecule has 0 bridgehead atoms. The summed E-state index contributed by atoms with van der Waals surface area (Å²) in [5.74, 6) is 1.28. The maximum absolute atomic E-state index is 12.2. The second-order valence-electron chi connectivity index (χ2n) is 6.53. The standard InChI is InChI=1S/C17H27NO3/c1-13(2)10-11-21-15-8-6-14(7-9-15)16(19)18(5)12-17(3,4)20/h6-9,13,20H,10-12H2,1-5H3. The van der Waals surface area contributed by atoms with Crippen LogP contribution in [-0.4, -0.2) is 41.7 Å². The van der Waals surface area contributed by atoms with E-state index in [-0.39, 0.29) is 5.91 Å². The number of likely N-dealkylation sites (N-methyl/N-ethyl adjacent to an activating group) is 1. The number of hydrogen-bond donors (Lipinski definition) is 1. The van der Waals surface area contributed by atoms with Gasteiger partial charge in [-0.15, -0.1) is 0 Å². The molecule has 0 aliphatic heterocycles. The van der Waals surface area contributed by atoms with E-state index in [0.717, 1.165) is 12.2 Å². The Morgan fingerprint density at radius 2 is 1.86 bits per heavy atom. The second-order valence-corrected chi connectivity index (χ2v) is 6.53. The fraction of sp³-hybridized carbons (Fsp3) is 0.588. The highest BCUT2D eigenvalue weighted by Gasteiger charge is 2.20. The van der Waals surface area contributed by atoms with Gasteiger partial charge in [0.1, 0.15) is 5.75 Å². The van der Waals surface area contributed by atoms with E-state index >= 15 is 0 Å². The van der Waals surface area contributed by atoms with Crippen molar-refractivity contribution < 1.29 is 14.6 Å². The number of carbonyl (C=O) groups is 1. The fourth-order valence-electron chi connectivity index (χ4n) is 1.98. The topological polar surface area (TPSA) is 49.8 Å². The smallest absolute Gasteiger partial charge is 0.253 e. The maximum atomic E-state index is 12.2. The van der Waals surface area contributed by atoms with E-state index in [2.05, 4.69) is 13.8 Å². The summed E-state index contributed by atoms with van der Waals surface area (Å²) >= 11 is 0.